The van der Waals surface area contributed by atoms with E-state index in [0.29, 0.717) is 13.0 Å². The van der Waals surface area contributed by atoms with Crippen molar-refractivity contribution in [2.45, 2.75) is 64.6 Å². The van der Waals surface area contributed by atoms with Gasteiger partial charge in [-0.2, -0.15) is 0 Å². The summed E-state index contributed by atoms with van der Waals surface area (Å²) in [6.07, 6.45) is 5.34. The van der Waals surface area contributed by atoms with Gasteiger partial charge < -0.3 is 9.53 Å². The number of carbonyl (C=O) groups is 1. The van der Waals surface area contributed by atoms with Gasteiger partial charge in [0, 0.05) is 0 Å². The molecule has 0 atom stereocenters. The lowest BCUT2D eigenvalue weighted by Gasteiger charge is -2.12. The Balaban J connectivity index is 1.63. The predicted octanol–water partition coefficient (Wildman–Crippen LogP) is 5.43. The maximum absolute atomic E-state index is 12.0. The first kappa shape index (κ1) is 22.4. The number of esters is 1. The average Bonchev–Trinajstić information content (AvgIpc) is 2.63. The number of hydrogen-bond donors (Lipinski definition) is 1. The fraction of sp³-hybridized carbons (Fsp3) is 0.458. The van der Waals surface area contributed by atoms with Crippen LogP contribution in [0.5, 0.6) is 0 Å². The molecule has 0 fully saturated rings. The van der Waals surface area contributed by atoms with Gasteiger partial charge in [-0.25, -0.2) is 0 Å². The number of hydrogen-bond acceptors (Lipinski definition) is 3. The van der Waals surface area contributed by atoms with Gasteiger partial charge in [-0.05, 0) is 55.6 Å². The van der Waals surface area contributed by atoms with Crippen molar-refractivity contribution in [2.24, 2.45) is 0 Å². The van der Waals surface area contributed by atoms with Crippen LogP contribution in [0.3, 0.4) is 0 Å². The lowest BCUT2D eigenvalue weighted by molar-refractivity contribution is -0.142. The number of carbonyl (C=O) groups excluding carboxylic acids is 1. The maximum atomic E-state index is 12.0. The fourth-order valence-corrected chi connectivity index (χ4v) is 4.25. The number of rotatable bonds is 11. The first-order valence-corrected chi connectivity index (χ1v) is 13.5. The van der Waals surface area contributed by atoms with Crippen molar-refractivity contribution < 1.29 is 14.3 Å². The number of unbranched alkanes of at least 4 members (excludes halogenated alkanes) is 3. The van der Waals surface area contributed by atoms with Crippen LogP contribution in [0.1, 0.15) is 47.9 Å². The van der Waals surface area contributed by atoms with Crippen LogP contribution in [0.4, 0.5) is 0 Å². The third kappa shape index (κ3) is 9.33. The van der Waals surface area contributed by atoms with E-state index in [1.54, 1.807) is 0 Å². The van der Waals surface area contributed by atoms with Gasteiger partial charge >= 0.3 is 5.97 Å². The minimum atomic E-state index is -1.90. The van der Waals surface area contributed by atoms with E-state index >= 15 is 0 Å². The summed E-state index contributed by atoms with van der Waals surface area (Å²) in [5.74, 6) is -0.157. The Hall–Kier alpha value is -1.91. The van der Waals surface area contributed by atoms with Crippen LogP contribution in [0.15, 0.2) is 48.5 Å². The standard InChI is InChI=1S/C24H34O3Si/c1-20-8-10-21(11-9-20)18-22-12-14-23(15-13-22)19-24(25)27-16-6-4-5-7-17-28(2,3)26/h8-15,26H,4-7,16-19H2,1-3H3. The summed E-state index contributed by atoms with van der Waals surface area (Å²) < 4.78 is 5.35. The quantitative estimate of drug-likeness (QED) is 0.312. The van der Waals surface area contributed by atoms with E-state index in [1.165, 1.54) is 16.7 Å². The van der Waals surface area contributed by atoms with Crippen molar-refractivity contribution in [1.82, 2.24) is 0 Å². The van der Waals surface area contributed by atoms with Gasteiger partial charge in [0.25, 0.3) is 0 Å². The molecule has 2 aromatic rings. The van der Waals surface area contributed by atoms with Gasteiger partial charge in [-0.15, -0.1) is 0 Å². The molecule has 0 aliphatic heterocycles. The van der Waals surface area contributed by atoms with Crippen LogP contribution >= 0.6 is 0 Å². The van der Waals surface area contributed by atoms with Crippen molar-refractivity contribution >= 4 is 14.3 Å². The van der Waals surface area contributed by atoms with Crippen molar-refractivity contribution in [3.8, 4) is 0 Å². The molecule has 0 amide bonds. The number of aryl methyl sites for hydroxylation is 1. The molecule has 0 spiro atoms. The van der Waals surface area contributed by atoms with E-state index in [1.807, 2.05) is 25.2 Å². The molecule has 0 unspecified atom stereocenters. The van der Waals surface area contributed by atoms with Crippen molar-refractivity contribution in [3.63, 3.8) is 0 Å². The van der Waals surface area contributed by atoms with E-state index < -0.39 is 8.32 Å². The molecule has 28 heavy (non-hydrogen) atoms. The molecule has 0 aromatic heterocycles. The lowest BCUT2D eigenvalue weighted by atomic mass is 10.0. The van der Waals surface area contributed by atoms with Gasteiger partial charge in [0.1, 0.15) is 0 Å². The van der Waals surface area contributed by atoms with Crippen LogP contribution in [-0.4, -0.2) is 25.7 Å². The summed E-state index contributed by atoms with van der Waals surface area (Å²) in [6, 6.07) is 17.8. The molecule has 0 saturated carbocycles. The molecule has 3 nitrogen and oxygen atoms in total. The van der Waals surface area contributed by atoms with Gasteiger partial charge in [-0.1, -0.05) is 73.4 Å². The van der Waals surface area contributed by atoms with Crippen molar-refractivity contribution in [1.29, 1.82) is 0 Å². The zero-order chi connectivity index (χ0) is 20.4. The van der Waals surface area contributed by atoms with Crippen LogP contribution in [0.25, 0.3) is 0 Å². The Kier molecular flexibility index (Phi) is 8.93. The molecular weight excluding hydrogens is 364 g/mol. The largest absolute Gasteiger partial charge is 0.465 e. The molecule has 0 saturated heterocycles. The van der Waals surface area contributed by atoms with Crippen LogP contribution < -0.4 is 0 Å². The summed E-state index contributed by atoms with van der Waals surface area (Å²) in [6.45, 7) is 6.54. The zero-order valence-electron chi connectivity index (χ0n) is 17.5. The SMILES string of the molecule is Cc1ccc(Cc2ccc(CC(=O)OCCCCCC[Si](C)(C)O)cc2)cc1. The maximum Gasteiger partial charge on any atom is 0.310 e. The zero-order valence-corrected chi connectivity index (χ0v) is 18.5. The van der Waals surface area contributed by atoms with Gasteiger partial charge in [0.2, 0.25) is 0 Å². The molecule has 0 heterocycles. The predicted molar refractivity (Wildman–Crippen MR) is 118 cm³/mol. The molecule has 152 valence electrons. The van der Waals surface area contributed by atoms with Crippen LogP contribution in [0, 0.1) is 6.92 Å². The second-order valence-corrected chi connectivity index (χ2v) is 12.5. The summed E-state index contributed by atoms with van der Waals surface area (Å²) in [4.78, 5) is 21.8. The molecule has 4 heteroatoms. The minimum Gasteiger partial charge on any atom is -0.465 e. The normalized spacial score (nSPS) is 11.4. The highest BCUT2D eigenvalue weighted by atomic mass is 28.4. The first-order chi connectivity index (χ1) is 13.3. The number of benzene rings is 2. The van der Waals surface area contributed by atoms with E-state index in [9.17, 15) is 9.59 Å². The minimum absolute atomic E-state index is 0.157. The molecule has 0 aliphatic rings. The van der Waals surface area contributed by atoms with Crippen LogP contribution in [-0.2, 0) is 22.4 Å². The van der Waals surface area contributed by atoms with E-state index in [2.05, 4.69) is 43.3 Å². The highest BCUT2D eigenvalue weighted by molar-refractivity contribution is 6.69. The monoisotopic (exact) mass is 398 g/mol. The third-order valence-corrected chi connectivity index (χ3v) is 6.42. The molecule has 1 N–H and O–H groups in total. The fourth-order valence-electron chi connectivity index (χ4n) is 3.13. The van der Waals surface area contributed by atoms with Gasteiger partial charge in [0.05, 0.1) is 13.0 Å². The second-order valence-electron chi connectivity index (χ2n) is 8.35. The summed E-state index contributed by atoms with van der Waals surface area (Å²) in [5.41, 5.74) is 4.80. The second kappa shape index (κ2) is 11.2. The van der Waals surface area contributed by atoms with Crippen molar-refractivity contribution in [3.05, 3.63) is 70.8 Å². The van der Waals surface area contributed by atoms with Gasteiger partial charge in [0.15, 0.2) is 8.32 Å². The van der Waals surface area contributed by atoms with Crippen molar-refractivity contribution in [2.75, 3.05) is 6.61 Å². The van der Waals surface area contributed by atoms with Gasteiger partial charge in [-0.3, -0.25) is 4.79 Å². The Bertz CT molecular complexity index is 715. The van der Waals surface area contributed by atoms with E-state index in [4.69, 9.17) is 4.74 Å². The van der Waals surface area contributed by atoms with E-state index in [0.717, 1.165) is 43.7 Å². The highest BCUT2D eigenvalue weighted by Gasteiger charge is 2.15. The highest BCUT2D eigenvalue weighted by Crippen LogP contribution is 2.14. The number of ether oxygens (including phenoxy) is 1. The molecule has 0 aliphatic carbocycles. The Morgan fingerprint density at radius 3 is 2.00 bits per heavy atom. The smallest absolute Gasteiger partial charge is 0.310 e. The third-order valence-electron chi connectivity index (χ3n) is 4.85. The Labute approximate surface area is 170 Å². The molecule has 0 bridgehead atoms. The summed E-state index contributed by atoms with van der Waals surface area (Å²) >= 11 is 0. The van der Waals surface area contributed by atoms with Crippen LogP contribution in [0.2, 0.25) is 19.1 Å². The lowest BCUT2D eigenvalue weighted by Crippen LogP contribution is -2.23. The average molecular weight is 399 g/mol. The molecule has 2 aromatic carbocycles. The Morgan fingerprint density at radius 1 is 0.857 bits per heavy atom. The Morgan fingerprint density at radius 2 is 1.39 bits per heavy atom. The van der Waals surface area contributed by atoms with E-state index in [-0.39, 0.29) is 5.97 Å². The summed E-state index contributed by atoms with van der Waals surface area (Å²) in [7, 11) is -1.90. The topological polar surface area (TPSA) is 46.5 Å². The molecular formula is C24H34O3Si. The molecule has 0 radical (unpaired) electrons. The molecule has 2 rings (SSSR count). The first-order valence-electron chi connectivity index (χ1n) is 10.3. The summed E-state index contributed by atoms with van der Waals surface area (Å²) in [5, 5.41) is 0.